The van der Waals surface area contributed by atoms with Gasteiger partial charge in [-0.15, -0.1) is 0 Å². The van der Waals surface area contributed by atoms with E-state index in [2.05, 4.69) is 122 Å². The molecule has 0 fully saturated rings. The number of hydrogen-bond acceptors (Lipinski definition) is 3. The summed E-state index contributed by atoms with van der Waals surface area (Å²) >= 11 is 0.194. The predicted molar refractivity (Wildman–Crippen MR) is 189 cm³/mol. The van der Waals surface area contributed by atoms with Gasteiger partial charge in [0.15, 0.2) is 0 Å². The summed E-state index contributed by atoms with van der Waals surface area (Å²) in [6.07, 6.45) is 3.02. The molecule has 2 aromatic heterocycles. The zero-order chi connectivity index (χ0) is 32.0. The van der Waals surface area contributed by atoms with Crippen molar-refractivity contribution in [3.63, 3.8) is 0 Å². The Kier molecular flexibility index (Phi) is 12.0. The summed E-state index contributed by atoms with van der Waals surface area (Å²) in [5.41, 5.74) is 13.8. The first-order valence-corrected chi connectivity index (χ1v) is 18.6. The number of halogens is 2. The number of aryl methyl sites for hydroxylation is 3. The number of para-hydroxylation sites is 1. The second-order valence-corrected chi connectivity index (χ2v) is 13.6. The van der Waals surface area contributed by atoms with Crippen molar-refractivity contribution in [3.8, 4) is 11.3 Å². The average molecular weight is 669 g/mol. The molecule has 0 aliphatic heterocycles. The number of benzene rings is 3. The second kappa shape index (κ2) is 15.5. The van der Waals surface area contributed by atoms with Gasteiger partial charge in [0.25, 0.3) is 0 Å². The molecule has 6 heteroatoms. The molecule has 44 heavy (non-hydrogen) atoms. The SMILES string of the molecule is CCc1cc(CC)c(-c2ccc3ccc4ccc(C(C)=Nc5c(C(C)C)cccc5C(C)C)nc4c3n2)c(CC)c1.[Cl][Fe][Cl]. The zero-order valence-corrected chi connectivity index (χ0v) is 29.7. The van der Waals surface area contributed by atoms with Gasteiger partial charge in [0, 0.05) is 16.3 Å². The van der Waals surface area contributed by atoms with Gasteiger partial charge in [-0.3, -0.25) is 4.99 Å². The molecule has 2 heterocycles. The first kappa shape index (κ1) is 34.1. The summed E-state index contributed by atoms with van der Waals surface area (Å²) in [5.74, 6) is 0.785. The molecule has 0 N–H and O–H groups in total. The molecule has 0 atom stereocenters. The van der Waals surface area contributed by atoms with Crippen LogP contribution in [0.1, 0.15) is 101 Å². The molecule has 0 radical (unpaired) electrons. The number of pyridine rings is 2. The van der Waals surface area contributed by atoms with E-state index in [1.54, 1.807) is 0 Å². The third-order valence-corrected chi connectivity index (χ3v) is 8.30. The fraction of sp³-hybridized carbons (Fsp3) is 0.342. The van der Waals surface area contributed by atoms with Crippen molar-refractivity contribution in [2.24, 2.45) is 4.99 Å². The first-order chi connectivity index (χ1) is 21.2. The molecule has 3 nitrogen and oxygen atoms in total. The molecular weight excluding hydrogens is 625 g/mol. The van der Waals surface area contributed by atoms with Gasteiger partial charge in [-0.25, -0.2) is 9.97 Å². The standard InChI is InChI=1S/C38H43N3.2ClH.Fe/c1-9-26-21-27(10-2)35(28(11-3)22-26)34-20-18-30-16-15-29-17-19-33(40-36(29)37(30)41-34)25(8)39-38-31(23(4)5)13-12-14-32(38)24(6)7;;;/h12-24H,9-11H2,1-8H3;2*1H;/q;;;+2/p-2. The second-order valence-electron chi connectivity index (χ2n) is 11.8. The van der Waals surface area contributed by atoms with E-state index < -0.39 is 0 Å². The molecule has 0 spiro atoms. The third kappa shape index (κ3) is 7.37. The maximum atomic E-state index is 5.30. The Morgan fingerprint density at radius 3 is 1.73 bits per heavy atom. The molecule has 0 bridgehead atoms. The molecule has 0 amide bonds. The van der Waals surface area contributed by atoms with Crippen LogP contribution in [0, 0.1) is 0 Å². The number of hydrogen-bond donors (Lipinski definition) is 0. The molecule has 0 saturated heterocycles. The number of nitrogens with zero attached hydrogens (tertiary/aromatic N) is 3. The average Bonchev–Trinajstić information content (AvgIpc) is 3.03. The van der Waals surface area contributed by atoms with Crippen LogP contribution in [0.15, 0.2) is 71.7 Å². The number of fused-ring (bicyclic) bond motifs is 3. The fourth-order valence-corrected chi connectivity index (χ4v) is 5.90. The van der Waals surface area contributed by atoms with Gasteiger partial charge in [0.05, 0.1) is 33.8 Å². The van der Waals surface area contributed by atoms with Gasteiger partial charge >= 0.3 is 33.3 Å². The molecule has 5 rings (SSSR count). The molecule has 0 aliphatic carbocycles. The monoisotopic (exact) mass is 667 g/mol. The molecule has 5 aromatic rings. The van der Waals surface area contributed by atoms with E-state index in [1.165, 1.54) is 33.4 Å². The van der Waals surface area contributed by atoms with E-state index in [9.17, 15) is 0 Å². The topological polar surface area (TPSA) is 38.1 Å². The van der Waals surface area contributed by atoms with E-state index >= 15 is 0 Å². The van der Waals surface area contributed by atoms with E-state index in [-0.39, 0.29) is 13.1 Å². The number of aromatic nitrogens is 2. The van der Waals surface area contributed by atoms with E-state index in [4.69, 9.17) is 35.2 Å². The Hall–Kier alpha value is -2.75. The van der Waals surface area contributed by atoms with Crippen molar-refractivity contribution in [3.05, 3.63) is 100 Å². The minimum absolute atomic E-state index is 0.194. The van der Waals surface area contributed by atoms with Crippen LogP contribution in [-0.2, 0) is 32.4 Å². The summed E-state index contributed by atoms with van der Waals surface area (Å²) in [7, 11) is 9.53. The Labute approximate surface area is 278 Å². The predicted octanol–water partition coefficient (Wildman–Crippen LogP) is 11.9. The van der Waals surface area contributed by atoms with E-state index in [0.29, 0.717) is 11.8 Å². The Morgan fingerprint density at radius 1 is 0.727 bits per heavy atom. The Morgan fingerprint density at radius 2 is 1.23 bits per heavy atom. The Bertz CT molecular complexity index is 1740. The van der Waals surface area contributed by atoms with Crippen molar-refractivity contribution >= 4 is 53.4 Å². The van der Waals surface area contributed by atoms with Crippen LogP contribution in [0.25, 0.3) is 33.1 Å². The third-order valence-electron chi connectivity index (χ3n) is 8.30. The van der Waals surface area contributed by atoms with Gasteiger partial charge in [-0.2, -0.15) is 0 Å². The van der Waals surface area contributed by atoms with Crippen LogP contribution in [0.5, 0.6) is 0 Å². The number of rotatable bonds is 8. The van der Waals surface area contributed by atoms with Crippen LogP contribution in [0.3, 0.4) is 0 Å². The summed E-state index contributed by atoms with van der Waals surface area (Å²) in [4.78, 5) is 15.7. The first-order valence-electron chi connectivity index (χ1n) is 15.6. The molecule has 0 aliphatic rings. The van der Waals surface area contributed by atoms with Gasteiger partial charge in [0.1, 0.15) is 0 Å². The van der Waals surface area contributed by atoms with Crippen molar-refractivity contribution in [2.75, 3.05) is 0 Å². The van der Waals surface area contributed by atoms with E-state index in [0.717, 1.165) is 63.9 Å². The van der Waals surface area contributed by atoms with Crippen LogP contribution in [0.2, 0.25) is 0 Å². The molecule has 0 saturated carbocycles. The normalized spacial score (nSPS) is 12.0. The molecular formula is C38H43Cl2FeN3. The Balaban J connectivity index is 0.00000141. The molecule has 3 aromatic carbocycles. The van der Waals surface area contributed by atoms with Gasteiger partial charge < -0.3 is 0 Å². The quantitative estimate of drug-likeness (QED) is 0.0938. The summed E-state index contributed by atoms with van der Waals surface area (Å²) in [6, 6.07) is 24.2. The van der Waals surface area contributed by atoms with Crippen LogP contribution >= 0.6 is 20.2 Å². The van der Waals surface area contributed by atoms with Crippen LogP contribution in [-0.4, -0.2) is 15.7 Å². The molecule has 232 valence electrons. The fourth-order valence-electron chi connectivity index (χ4n) is 5.90. The maximum absolute atomic E-state index is 5.30. The summed E-state index contributed by atoms with van der Waals surface area (Å²) in [5, 5.41) is 2.20. The summed E-state index contributed by atoms with van der Waals surface area (Å²) in [6.45, 7) is 17.7. The summed E-state index contributed by atoms with van der Waals surface area (Å²) < 4.78 is 0. The van der Waals surface area contributed by atoms with Gasteiger partial charge in [-0.1, -0.05) is 103 Å². The minimum atomic E-state index is 0.194. The van der Waals surface area contributed by atoms with Gasteiger partial charge in [-0.05, 0) is 78.0 Å². The number of aliphatic imine (C=N–C) groups is 1. The van der Waals surface area contributed by atoms with E-state index in [1.807, 2.05) is 0 Å². The van der Waals surface area contributed by atoms with Crippen LogP contribution in [0.4, 0.5) is 5.69 Å². The van der Waals surface area contributed by atoms with Crippen molar-refractivity contribution in [2.45, 2.75) is 86.5 Å². The zero-order valence-electron chi connectivity index (χ0n) is 27.1. The molecule has 0 unspecified atom stereocenters. The van der Waals surface area contributed by atoms with Gasteiger partial charge in [0.2, 0.25) is 0 Å². The van der Waals surface area contributed by atoms with Crippen LogP contribution < -0.4 is 0 Å². The van der Waals surface area contributed by atoms with Crippen molar-refractivity contribution in [1.82, 2.24) is 9.97 Å². The van der Waals surface area contributed by atoms with Crippen molar-refractivity contribution < 1.29 is 13.1 Å². The van der Waals surface area contributed by atoms with Crippen molar-refractivity contribution in [1.29, 1.82) is 0 Å².